The van der Waals surface area contributed by atoms with Crippen molar-refractivity contribution in [2.45, 2.75) is 412 Å². The Labute approximate surface area is 705 Å². The maximum Gasteiger partial charge on any atom is 3.00 e. The molecular weight excluding hydrogens is 1590 g/mol. The van der Waals surface area contributed by atoms with Crippen LogP contribution in [0.5, 0.6) is 0 Å². The third-order valence-electron chi connectivity index (χ3n) is 20.2. The Bertz CT molecular complexity index is 3030. The van der Waals surface area contributed by atoms with E-state index < -0.39 is 50.6 Å². The second kappa shape index (κ2) is 70.7. The number of hydrogen-bond donors (Lipinski definition) is 0. The van der Waals surface area contributed by atoms with Crippen molar-refractivity contribution in [3.8, 4) is 0 Å². The average molecular weight is 1740 g/mol. The molecule has 0 saturated heterocycles. The minimum Gasteiger partial charge on any atom is -0.744 e. The summed E-state index contributed by atoms with van der Waals surface area (Å²) in [6.07, 6.45) is 70.2. The van der Waals surface area contributed by atoms with E-state index in [2.05, 4.69) is 34.6 Å². The molecule has 0 fully saturated rings. The third-order valence-corrected chi connectivity index (χ3v) is 24.4. The van der Waals surface area contributed by atoms with Gasteiger partial charge < -0.3 is 22.8 Å². The molecule has 5 aromatic rings. The normalized spacial score (nSPS) is 11.5. The molecule has 0 aliphatic rings. The van der Waals surface area contributed by atoms with Crippen LogP contribution in [-0.4, -0.2) is 64.9 Å². The fourth-order valence-electron chi connectivity index (χ4n) is 13.2. The zero-order valence-corrected chi connectivity index (χ0v) is 75.6. The van der Waals surface area contributed by atoms with Crippen LogP contribution >= 0.6 is 0 Å². The molecule has 0 aliphatic heterocycles. The van der Waals surface area contributed by atoms with Gasteiger partial charge in [0.05, 0.1) is 24.5 Å². The predicted molar refractivity (Wildman–Crippen MR) is 450 cm³/mol. The Morgan fingerprint density at radius 1 is 0.170 bits per heavy atom. The molecule has 0 N–H and O–H groups in total. The minimum absolute atomic E-state index is 0. The van der Waals surface area contributed by atoms with Crippen LogP contribution in [0.15, 0.2) is 146 Å². The van der Waals surface area contributed by atoms with Gasteiger partial charge in [0.25, 0.3) is 0 Å². The van der Waals surface area contributed by atoms with Gasteiger partial charge in [-0.3, -0.25) is 0 Å². The second-order valence-corrected chi connectivity index (χ2v) is 37.0. The first-order chi connectivity index (χ1) is 52.7. The van der Waals surface area contributed by atoms with Crippen LogP contribution in [0.3, 0.4) is 0 Å². The van der Waals surface area contributed by atoms with Crippen LogP contribution in [-0.2, 0) is 117 Å². The molecule has 5 rings (SSSR count). The van der Waals surface area contributed by atoms with Crippen LogP contribution in [0.25, 0.3) is 0 Å². The fraction of sp³-hybridized carbons (Fsp3) is 0.667. The number of unbranched alkanes of at least 4 members (excludes halogenated alkanes) is 45. The summed E-state index contributed by atoms with van der Waals surface area (Å²) in [4.78, 5) is -0.698. The maximum absolute atomic E-state index is 10.8. The largest absolute Gasteiger partial charge is 3.00 e. The molecule has 0 amide bonds. The van der Waals surface area contributed by atoms with Gasteiger partial charge in [0.2, 0.25) is 0 Å². The molecule has 22 heteroatoms. The molecule has 641 valence electrons. The SMILES string of the molecule is CCCCCCCCCCCCc1ccc(S(=O)(=O)[O-])cc1.CCCCCCCCCCCCc1ccc(S(=O)(=O)[O-])cc1.CCCCCCCCCCCCc1ccc(S(=O)(=O)[O-])cc1.CCCCCCCCCCCCc1ccc(S(=O)(=O)[O-])cc1.CCCCCCCCCCCCc1ccc(S(=O)(=O)[O-])cc1.[Fe+2].[Fe+3]. The van der Waals surface area contributed by atoms with E-state index in [4.69, 9.17) is 0 Å². The van der Waals surface area contributed by atoms with Gasteiger partial charge in [0.1, 0.15) is 50.6 Å². The molecular formula is C90H145Fe2O15S5. The van der Waals surface area contributed by atoms with E-state index in [1.54, 1.807) is 60.7 Å². The van der Waals surface area contributed by atoms with E-state index in [0.717, 1.165) is 92.0 Å². The first kappa shape index (κ1) is 111. The van der Waals surface area contributed by atoms with Crippen LogP contribution in [0.2, 0.25) is 0 Å². The maximum atomic E-state index is 10.8. The minimum atomic E-state index is -4.31. The van der Waals surface area contributed by atoms with Crippen molar-refractivity contribution in [2.75, 3.05) is 0 Å². The summed E-state index contributed by atoms with van der Waals surface area (Å²) in [6.45, 7) is 11.2. The Morgan fingerprint density at radius 2 is 0.259 bits per heavy atom. The molecule has 0 spiro atoms. The van der Waals surface area contributed by atoms with Crippen LogP contribution in [0.1, 0.15) is 383 Å². The molecule has 0 atom stereocenters. The Morgan fingerprint density at radius 3 is 0.348 bits per heavy atom. The zero-order chi connectivity index (χ0) is 81.3. The van der Waals surface area contributed by atoms with Gasteiger partial charge >= 0.3 is 34.1 Å². The summed E-state index contributed by atoms with van der Waals surface area (Å²) in [7, 11) is -21.6. The molecule has 5 aromatic carbocycles. The van der Waals surface area contributed by atoms with E-state index >= 15 is 0 Å². The standard InChI is InChI=1S/5C18H30O3S.2Fe/c5*1-2-3-4-5-6-7-8-9-10-11-12-17-13-15-18(16-14-17)22(19,20)21;;/h5*13-16H,2-12H2,1H3,(H,19,20,21);;/q;;;;;+2;+3/p-5. The topological polar surface area (TPSA) is 286 Å². The van der Waals surface area contributed by atoms with E-state index in [1.807, 2.05) is 0 Å². The molecule has 0 heterocycles. The smallest absolute Gasteiger partial charge is 0.744 e. The number of aryl methyl sites for hydroxylation is 5. The van der Waals surface area contributed by atoms with Crippen LogP contribution in [0, 0.1) is 0 Å². The molecule has 112 heavy (non-hydrogen) atoms. The van der Waals surface area contributed by atoms with Gasteiger partial charge in [-0.15, -0.1) is 0 Å². The summed E-state index contributed by atoms with van der Waals surface area (Å²) < 4.78 is 162. The van der Waals surface area contributed by atoms with Crippen LogP contribution < -0.4 is 0 Å². The molecule has 0 unspecified atom stereocenters. The van der Waals surface area contributed by atoms with Crippen molar-refractivity contribution >= 4 is 50.6 Å². The van der Waals surface area contributed by atoms with E-state index in [-0.39, 0.29) is 58.6 Å². The zero-order valence-electron chi connectivity index (χ0n) is 69.3. The van der Waals surface area contributed by atoms with Crippen molar-refractivity contribution in [1.29, 1.82) is 0 Å². The van der Waals surface area contributed by atoms with E-state index in [1.165, 1.54) is 350 Å². The summed E-state index contributed by atoms with van der Waals surface area (Å²) in [5, 5.41) is 0. The quantitative estimate of drug-likeness (QED) is 0.0199. The van der Waals surface area contributed by atoms with Crippen molar-refractivity contribution in [1.82, 2.24) is 0 Å². The molecule has 0 bridgehead atoms. The monoisotopic (exact) mass is 1740 g/mol. The number of rotatable bonds is 60. The van der Waals surface area contributed by atoms with Crippen molar-refractivity contribution in [3.05, 3.63) is 149 Å². The van der Waals surface area contributed by atoms with Crippen LogP contribution in [0.4, 0.5) is 0 Å². The average Bonchev–Trinajstić information content (AvgIpc) is 0.890. The van der Waals surface area contributed by atoms with E-state index in [0.29, 0.717) is 0 Å². The van der Waals surface area contributed by atoms with Gasteiger partial charge in [-0.25, -0.2) is 42.1 Å². The van der Waals surface area contributed by atoms with Gasteiger partial charge in [0, 0.05) is 0 Å². The summed E-state index contributed by atoms with van der Waals surface area (Å²) in [6, 6.07) is 31.6. The first-order valence-electron chi connectivity index (χ1n) is 42.9. The molecule has 1 radical (unpaired) electrons. The molecule has 15 nitrogen and oxygen atoms in total. The Kier molecular flexibility index (Phi) is 69.9. The Hall–Kier alpha value is -3.31. The molecule has 0 saturated carbocycles. The Balaban J connectivity index is 0. The summed E-state index contributed by atoms with van der Waals surface area (Å²) >= 11 is 0. The van der Waals surface area contributed by atoms with Gasteiger partial charge in [0.15, 0.2) is 0 Å². The fourth-order valence-corrected chi connectivity index (χ4v) is 15.5. The van der Waals surface area contributed by atoms with Crippen molar-refractivity contribution in [3.63, 3.8) is 0 Å². The van der Waals surface area contributed by atoms with Gasteiger partial charge in [-0.2, -0.15) is 0 Å². The second-order valence-electron chi connectivity index (χ2n) is 30.2. The van der Waals surface area contributed by atoms with Crippen molar-refractivity contribution < 1.29 is 99.0 Å². The molecule has 0 aliphatic carbocycles. The summed E-state index contributed by atoms with van der Waals surface area (Å²) in [5.41, 5.74) is 5.52. The number of benzene rings is 5. The predicted octanol–water partition coefficient (Wildman–Crippen LogP) is 25.3. The van der Waals surface area contributed by atoms with Gasteiger partial charge in [-0.1, -0.05) is 384 Å². The van der Waals surface area contributed by atoms with Gasteiger partial charge in [-0.05, 0) is 153 Å². The summed E-state index contributed by atoms with van der Waals surface area (Å²) in [5.74, 6) is 0. The first-order valence-corrected chi connectivity index (χ1v) is 50.0. The van der Waals surface area contributed by atoms with E-state index in [9.17, 15) is 64.9 Å². The molecule has 0 aromatic heterocycles. The number of hydrogen-bond acceptors (Lipinski definition) is 15. The van der Waals surface area contributed by atoms with Crippen molar-refractivity contribution in [2.24, 2.45) is 0 Å². The third kappa shape index (κ3) is 63.8.